The summed E-state index contributed by atoms with van der Waals surface area (Å²) in [5.74, 6) is -0.290. The monoisotopic (exact) mass is 427 g/mol. The van der Waals surface area contributed by atoms with Crippen molar-refractivity contribution in [3.05, 3.63) is 65.7 Å². The molecule has 0 spiro atoms. The Morgan fingerprint density at radius 1 is 1.03 bits per heavy atom. The number of sulfonamides is 1. The zero-order valence-electron chi connectivity index (χ0n) is 17.3. The fourth-order valence-corrected chi connectivity index (χ4v) is 4.58. The topological polar surface area (TPSA) is 92.5 Å². The molecule has 8 heteroatoms. The number of amides is 1. The van der Waals surface area contributed by atoms with E-state index in [-0.39, 0.29) is 16.3 Å². The quantitative estimate of drug-likeness (QED) is 0.582. The van der Waals surface area contributed by atoms with Crippen molar-refractivity contribution in [3.63, 3.8) is 0 Å². The normalized spacial score (nSPS) is 11.6. The number of hydrogen-bond acceptors (Lipinski definition) is 5. The molecule has 0 saturated heterocycles. The Bertz CT molecular complexity index is 1120. The molecule has 30 heavy (non-hydrogen) atoms. The molecule has 0 aliphatic heterocycles. The third-order valence-electron chi connectivity index (χ3n) is 4.84. The van der Waals surface area contributed by atoms with E-state index in [9.17, 15) is 13.2 Å². The van der Waals surface area contributed by atoms with E-state index in [1.54, 1.807) is 32.0 Å². The summed E-state index contributed by atoms with van der Waals surface area (Å²) in [6, 6.07) is 15.5. The lowest BCUT2D eigenvalue weighted by Gasteiger charge is -2.18. The summed E-state index contributed by atoms with van der Waals surface area (Å²) >= 11 is 0. The predicted octanol–water partition coefficient (Wildman–Crippen LogP) is 4.19. The molecule has 1 N–H and O–H groups in total. The number of carbonyl (C=O) groups is 1. The van der Waals surface area contributed by atoms with E-state index in [1.165, 1.54) is 22.0 Å². The highest BCUT2D eigenvalue weighted by Crippen LogP contribution is 2.23. The van der Waals surface area contributed by atoms with Crippen molar-refractivity contribution in [1.29, 1.82) is 0 Å². The third-order valence-corrected chi connectivity index (χ3v) is 6.89. The van der Waals surface area contributed by atoms with Gasteiger partial charge >= 0.3 is 0 Å². The molecule has 1 heterocycles. The van der Waals surface area contributed by atoms with E-state index < -0.39 is 15.9 Å². The van der Waals surface area contributed by atoms with Crippen LogP contribution in [0.3, 0.4) is 0 Å². The lowest BCUT2D eigenvalue weighted by Crippen LogP contribution is -2.30. The van der Waals surface area contributed by atoms with E-state index in [1.807, 2.05) is 24.3 Å². The van der Waals surface area contributed by atoms with E-state index >= 15 is 0 Å². The number of rotatable bonds is 8. The summed E-state index contributed by atoms with van der Waals surface area (Å²) in [6.45, 7) is 6.34. The van der Waals surface area contributed by atoms with Crippen LogP contribution in [0.25, 0.3) is 11.3 Å². The van der Waals surface area contributed by atoms with Gasteiger partial charge in [-0.15, -0.1) is 0 Å². The summed E-state index contributed by atoms with van der Waals surface area (Å²) < 4.78 is 32.0. The maximum Gasteiger partial charge on any atom is 0.258 e. The maximum atomic E-state index is 12.7. The molecule has 0 saturated carbocycles. The van der Waals surface area contributed by atoms with Crippen molar-refractivity contribution in [1.82, 2.24) is 9.46 Å². The molecule has 3 aromatic rings. The van der Waals surface area contributed by atoms with Crippen LogP contribution in [0, 0.1) is 0 Å². The lowest BCUT2D eigenvalue weighted by molar-refractivity contribution is 0.102. The average molecular weight is 428 g/mol. The molecule has 0 fully saturated rings. The summed E-state index contributed by atoms with van der Waals surface area (Å²) in [7, 11) is -3.65. The van der Waals surface area contributed by atoms with Crippen LogP contribution in [0.1, 0.15) is 36.7 Å². The first-order valence-corrected chi connectivity index (χ1v) is 11.3. The van der Waals surface area contributed by atoms with E-state index in [4.69, 9.17) is 4.52 Å². The van der Waals surface area contributed by atoms with Gasteiger partial charge in [0.25, 0.3) is 5.91 Å². The van der Waals surface area contributed by atoms with Crippen LogP contribution in [0.4, 0.5) is 5.88 Å². The molecular weight excluding hydrogens is 402 g/mol. The number of aryl methyl sites for hydroxylation is 1. The number of aromatic nitrogens is 1. The molecular formula is C22H25N3O4S. The van der Waals surface area contributed by atoms with Gasteiger partial charge in [-0.3, -0.25) is 10.1 Å². The molecule has 0 unspecified atom stereocenters. The first-order valence-electron chi connectivity index (χ1n) is 9.86. The first kappa shape index (κ1) is 21.7. The van der Waals surface area contributed by atoms with Gasteiger partial charge in [0, 0.05) is 30.3 Å². The standard InChI is InChI=1S/C22H25N3O4S/c1-4-16-10-12-17(13-11-16)20-15-21(29-24-20)23-22(26)18-8-7-9-19(14-18)30(27,28)25(5-2)6-3/h7-15H,4-6H2,1-3H3,(H,23,26). The van der Waals surface area contributed by atoms with Crippen molar-refractivity contribution >= 4 is 21.8 Å². The first-order chi connectivity index (χ1) is 14.4. The molecule has 0 aliphatic rings. The summed E-state index contributed by atoms with van der Waals surface area (Å²) in [5, 5.41) is 6.63. The van der Waals surface area contributed by atoms with Crippen LogP contribution < -0.4 is 5.32 Å². The molecule has 7 nitrogen and oxygen atoms in total. The van der Waals surface area contributed by atoms with Gasteiger partial charge in [0.15, 0.2) is 0 Å². The molecule has 0 radical (unpaired) electrons. The van der Waals surface area contributed by atoms with E-state index in [0.29, 0.717) is 18.8 Å². The van der Waals surface area contributed by atoms with Crippen molar-refractivity contribution in [2.45, 2.75) is 32.1 Å². The van der Waals surface area contributed by atoms with E-state index in [0.717, 1.165) is 12.0 Å². The molecule has 2 aromatic carbocycles. The molecule has 158 valence electrons. The smallest absolute Gasteiger partial charge is 0.258 e. The largest absolute Gasteiger partial charge is 0.338 e. The fraction of sp³-hybridized carbons (Fsp3) is 0.273. The highest BCUT2D eigenvalue weighted by molar-refractivity contribution is 7.89. The number of anilines is 1. The Morgan fingerprint density at radius 3 is 2.37 bits per heavy atom. The molecule has 1 amide bonds. The predicted molar refractivity (Wildman–Crippen MR) is 116 cm³/mol. The van der Waals surface area contributed by atoms with Crippen molar-refractivity contribution in [3.8, 4) is 11.3 Å². The highest BCUT2D eigenvalue weighted by atomic mass is 32.2. The minimum atomic E-state index is -3.65. The van der Waals surface area contributed by atoms with E-state index in [2.05, 4.69) is 17.4 Å². The molecule has 3 rings (SSSR count). The fourth-order valence-electron chi connectivity index (χ4n) is 3.08. The lowest BCUT2D eigenvalue weighted by atomic mass is 10.1. The van der Waals surface area contributed by atoms with Crippen LogP contribution in [0.15, 0.2) is 64.0 Å². The molecule has 0 aliphatic carbocycles. The Kier molecular flexibility index (Phi) is 6.69. The Balaban J connectivity index is 1.78. The number of carbonyl (C=O) groups excluding carboxylic acids is 1. The Labute approximate surface area is 176 Å². The van der Waals surface area contributed by atoms with Crippen LogP contribution in [0.2, 0.25) is 0 Å². The third kappa shape index (κ3) is 4.60. The van der Waals surface area contributed by atoms with Gasteiger partial charge in [0.05, 0.1) is 4.90 Å². The zero-order chi connectivity index (χ0) is 21.7. The Hall–Kier alpha value is -2.97. The van der Waals surface area contributed by atoms with Crippen molar-refractivity contribution in [2.75, 3.05) is 18.4 Å². The van der Waals surface area contributed by atoms with Crippen molar-refractivity contribution in [2.24, 2.45) is 0 Å². The highest BCUT2D eigenvalue weighted by Gasteiger charge is 2.22. The second-order valence-corrected chi connectivity index (χ2v) is 8.64. The zero-order valence-corrected chi connectivity index (χ0v) is 18.1. The van der Waals surface area contributed by atoms with Gasteiger partial charge in [0.1, 0.15) is 5.69 Å². The number of nitrogens with zero attached hydrogens (tertiary/aromatic N) is 2. The minimum absolute atomic E-state index is 0.0770. The average Bonchev–Trinajstić information content (AvgIpc) is 3.23. The van der Waals surface area contributed by atoms with Crippen molar-refractivity contribution < 1.29 is 17.7 Å². The Morgan fingerprint density at radius 2 is 1.73 bits per heavy atom. The summed E-state index contributed by atoms with van der Waals surface area (Å²) in [5.41, 5.74) is 2.92. The number of hydrogen-bond donors (Lipinski definition) is 1. The van der Waals surface area contributed by atoms with Gasteiger partial charge < -0.3 is 4.52 Å². The maximum absolute atomic E-state index is 12.7. The van der Waals surface area contributed by atoms with Gasteiger partial charge in [-0.1, -0.05) is 56.3 Å². The van der Waals surface area contributed by atoms with Gasteiger partial charge in [-0.25, -0.2) is 8.42 Å². The summed E-state index contributed by atoms with van der Waals surface area (Å²) in [4.78, 5) is 12.7. The number of nitrogens with one attached hydrogen (secondary N) is 1. The van der Waals surface area contributed by atoms with Gasteiger partial charge in [-0.05, 0) is 30.2 Å². The van der Waals surface area contributed by atoms with Crippen LogP contribution in [-0.2, 0) is 16.4 Å². The molecule has 0 bridgehead atoms. The van der Waals surface area contributed by atoms with Crippen LogP contribution >= 0.6 is 0 Å². The molecule has 0 atom stereocenters. The van der Waals surface area contributed by atoms with Crippen LogP contribution in [0.5, 0.6) is 0 Å². The number of benzene rings is 2. The minimum Gasteiger partial charge on any atom is -0.338 e. The second-order valence-electron chi connectivity index (χ2n) is 6.70. The second kappa shape index (κ2) is 9.23. The van der Waals surface area contributed by atoms with Gasteiger partial charge in [-0.2, -0.15) is 4.31 Å². The molecule has 1 aromatic heterocycles. The summed E-state index contributed by atoms with van der Waals surface area (Å²) in [6.07, 6.45) is 0.948. The SMILES string of the molecule is CCc1ccc(-c2cc(NC(=O)c3cccc(S(=O)(=O)N(CC)CC)c3)on2)cc1. The van der Waals surface area contributed by atoms with Gasteiger partial charge in [0.2, 0.25) is 15.9 Å². The van der Waals surface area contributed by atoms with Crippen LogP contribution in [-0.4, -0.2) is 36.9 Å².